The summed E-state index contributed by atoms with van der Waals surface area (Å²) < 4.78 is 7.34. The highest BCUT2D eigenvalue weighted by Crippen LogP contribution is 2.28. The summed E-state index contributed by atoms with van der Waals surface area (Å²) in [6, 6.07) is 14.6. The second kappa shape index (κ2) is 11.7. The lowest BCUT2D eigenvalue weighted by atomic mass is 9.87. The van der Waals surface area contributed by atoms with E-state index in [0.717, 1.165) is 52.7 Å². The third-order valence-electron chi connectivity index (χ3n) is 5.79. The first kappa shape index (κ1) is 26.0. The second-order valence-corrected chi connectivity index (χ2v) is 10.4. The normalized spacial score (nSPS) is 11.6. The molecule has 6 nitrogen and oxygen atoms in total. The van der Waals surface area contributed by atoms with Gasteiger partial charge < -0.3 is 14.6 Å². The van der Waals surface area contributed by atoms with Gasteiger partial charge in [-0.1, -0.05) is 81.9 Å². The number of rotatable bonds is 10. The van der Waals surface area contributed by atoms with Crippen LogP contribution < -0.4 is 5.32 Å². The van der Waals surface area contributed by atoms with Gasteiger partial charge >= 0.3 is 0 Å². The summed E-state index contributed by atoms with van der Waals surface area (Å²) in [6.07, 6.45) is 1.71. The van der Waals surface area contributed by atoms with Crippen LogP contribution in [0.15, 0.2) is 47.6 Å². The molecule has 0 saturated carbocycles. The van der Waals surface area contributed by atoms with Crippen molar-refractivity contribution in [2.45, 2.75) is 64.6 Å². The third kappa shape index (κ3) is 6.48. The number of thioether (sulfide) groups is 1. The number of benzene rings is 2. The van der Waals surface area contributed by atoms with Gasteiger partial charge in [0.25, 0.3) is 0 Å². The van der Waals surface area contributed by atoms with Gasteiger partial charge in [0, 0.05) is 31.5 Å². The Morgan fingerprint density at radius 2 is 1.85 bits per heavy atom. The zero-order chi connectivity index (χ0) is 24.7. The van der Waals surface area contributed by atoms with E-state index in [-0.39, 0.29) is 17.1 Å². The standard InChI is InChI=1S/C27H36N4O2S/c1-7-20-11-8-10-19(2)24(20)28-23(32)18-34-26-30-29-25(31(26)16-9-17-33-6)21-12-14-22(15-13-21)27(3,4)5/h8,10-15H,7,9,16-18H2,1-6H3,(H,28,32). The molecule has 0 saturated heterocycles. The van der Waals surface area contributed by atoms with Crippen molar-refractivity contribution in [2.24, 2.45) is 0 Å². The zero-order valence-corrected chi connectivity index (χ0v) is 22.0. The minimum Gasteiger partial charge on any atom is -0.385 e. The summed E-state index contributed by atoms with van der Waals surface area (Å²) in [5.41, 5.74) is 5.51. The molecular weight excluding hydrogens is 444 g/mol. The number of hydrogen-bond acceptors (Lipinski definition) is 5. The van der Waals surface area contributed by atoms with E-state index >= 15 is 0 Å². The zero-order valence-electron chi connectivity index (χ0n) is 21.1. The molecule has 34 heavy (non-hydrogen) atoms. The Bertz CT molecular complexity index is 1100. The van der Waals surface area contributed by atoms with Gasteiger partial charge in [0.05, 0.1) is 5.75 Å². The number of hydrogen-bond donors (Lipinski definition) is 1. The molecule has 0 aliphatic heterocycles. The number of para-hydroxylation sites is 1. The van der Waals surface area contributed by atoms with Crippen molar-refractivity contribution < 1.29 is 9.53 Å². The Morgan fingerprint density at radius 1 is 1.12 bits per heavy atom. The SMILES string of the molecule is CCc1cccc(C)c1NC(=O)CSc1nnc(-c2ccc(C(C)(C)C)cc2)n1CCCOC. The van der Waals surface area contributed by atoms with Gasteiger partial charge in [-0.15, -0.1) is 10.2 Å². The molecule has 2 aromatic carbocycles. The first-order valence-corrected chi connectivity index (χ1v) is 12.8. The van der Waals surface area contributed by atoms with Crippen LogP contribution in [0.2, 0.25) is 0 Å². The smallest absolute Gasteiger partial charge is 0.234 e. The fourth-order valence-corrected chi connectivity index (χ4v) is 4.57. The molecule has 0 fully saturated rings. The molecule has 1 aromatic heterocycles. The number of carbonyl (C=O) groups excluding carboxylic acids is 1. The van der Waals surface area contributed by atoms with Crippen LogP contribution >= 0.6 is 11.8 Å². The van der Waals surface area contributed by atoms with E-state index < -0.39 is 0 Å². The van der Waals surface area contributed by atoms with Crippen molar-refractivity contribution in [3.8, 4) is 11.4 Å². The van der Waals surface area contributed by atoms with E-state index in [2.05, 4.69) is 78.1 Å². The van der Waals surface area contributed by atoms with E-state index in [0.29, 0.717) is 6.61 Å². The Kier molecular flexibility index (Phi) is 8.91. The molecule has 1 N–H and O–H groups in total. The minimum atomic E-state index is -0.0449. The number of nitrogens with one attached hydrogen (secondary N) is 1. The van der Waals surface area contributed by atoms with E-state index in [4.69, 9.17) is 4.74 Å². The first-order chi connectivity index (χ1) is 16.2. The summed E-state index contributed by atoms with van der Waals surface area (Å²) in [7, 11) is 1.70. The van der Waals surface area contributed by atoms with Crippen molar-refractivity contribution in [1.29, 1.82) is 0 Å². The van der Waals surface area contributed by atoms with Gasteiger partial charge in [0.15, 0.2) is 11.0 Å². The molecule has 0 unspecified atom stereocenters. The fourth-order valence-electron chi connectivity index (χ4n) is 3.80. The van der Waals surface area contributed by atoms with Crippen LogP contribution in [0, 0.1) is 6.92 Å². The monoisotopic (exact) mass is 480 g/mol. The molecule has 3 aromatic rings. The Balaban J connectivity index is 1.77. The highest BCUT2D eigenvalue weighted by molar-refractivity contribution is 7.99. The van der Waals surface area contributed by atoms with Crippen molar-refractivity contribution in [1.82, 2.24) is 14.8 Å². The minimum absolute atomic E-state index is 0.0449. The molecule has 182 valence electrons. The summed E-state index contributed by atoms with van der Waals surface area (Å²) in [4.78, 5) is 12.8. The number of anilines is 1. The number of nitrogens with zero attached hydrogens (tertiary/aromatic N) is 3. The maximum Gasteiger partial charge on any atom is 0.234 e. The molecule has 0 spiro atoms. The summed E-state index contributed by atoms with van der Waals surface area (Å²) in [6.45, 7) is 12.1. The molecule has 3 rings (SSSR count). The average Bonchev–Trinajstić information content (AvgIpc) is 3.21. The largest absolute Gasteiger partial charge is 0.385 e. The topological polar surface area (TPSA) is 69.0 Å². The third-order valence-corrected chi connectivity index (χ3v) is 6.76. The predicted octanol–water partition coefficient (Wildman–Crippen LogP) is 5.88. The van der Waals surface area contributed by atoms with Gasteiger partial charge in [-0.25, -0.2) is 0 Å². The van der Waals surface area contributed by atoms with E-state index in [9.17, 15) is 4.79 Å². The molecule has 0 bridgehead atoms. The first-order valence-electron chi connectivity index (χ1n) is 11.8. The van der Waals surface area contributed by atoms with Gasteiger partial charge in [-0.2, -0.15) is 0 Å². The predicted molar refractivity (Wildman–Crippen MR) is 141 cm³/mol. The van der Waals surface area contributed by atoms with E-state index in [1.807, 2.05) is 19.1 Å². The van der Waals surface area contributed by atoms with Crippen LogP contribution in [0.1, 0.15) is 50.8 Å². The maximum absolute atomic E-state index is 12.8. The summed E-state index contributed by atoms with van der Waals surface area (Å²) in [5, 5.41) is 12.7. The van der Waals surface area contributed by atoms with Crippen LogP contribution in [0.5, 0.6) is 0 Å². The lowest BCUT2D eigenvalue weighted by molar-refractivity contribution is -0.113. The van der Waals surface area contributed by atoms with Crippen LogP contribution in [-0.2, 0) is 27.9 Å². The van der Waals surface area contributed by atoms with Crippen LogP contribution in [0.3, 0.4) is 0 Å². The highest BCUT2D eigenvalue weighted by atomic mass is 32.2. The average molecular weight is 481 g/mol. The number of aryl methyl sites for hydroxylation is 2. The van der Waals surface area contributed by atoms with Crippen LogP contribution in [-0.4, -0.2) is 40.1 Å². The molecule has 1 amide bonds. The molecule has 0 radical (unpaired) electrons. The van der Waals surface area contributed by atoms with Crippen LogP contribution in [0.25, 0.3) is 11.4 Å². The Labute approximate surface area is 207 Å². The van der Waals surface area contributed by atoms with Crippen molar-refractivity contribution in [3.05, 3.63) is 59.2 Å². The molecule has 0 aliphatic rings. The van der Waals surface area contributed by atoms with Gasteiger partial charge in [-0.05, 0) is 41.9 Å². The second-order valence-electron chi connectivity index (χ2n) is 9.43. The summed E-state index contributed by atoms with van der Waals surface area (Å²) >= 11 is 1.41. The Morgan fingerprint density at radius 3 is 2.50 bits per heavy atom. The maximum atomic E-state index is 12.8. The van der Waals surface area contributed by atoms with Gasteiger partial charge in [0.2, 0.25) is 5.91 Å². The Hall–Kier alpha value is -2.64. The highest BCUT2D eigenvalue weighted by Gasteiger charge is 2.18. The number of aromatic nitrogens is 3. The van der Waals surface area contributed by atoms with Crippen molar-refractivity contribution in [2.75, 3.05) is 24.8 Å². The van der Waals surface area contributed by atoms with Gasteiger partial charge in [-0.3, -0.25) is 4.79 Å². The fraction of sp³-hybridized carbons (Fsp3) is 0.444. The van der Waals surface area contributed by atoms with E-state index in [1.54, 1.807) is 7.11 Å². The van der Waals surface area contributed by atoms with Crippen molar-refractivity contribution >= 4 is 23.4 Å². The lowest BCUT2D eigenvalue weighted by Gasteiger charge is -2.19. The number of amides is 1. The van der Waals surface area contributed by atoms with Gasteiger partial charge in [0.1, 0.15) is 0 Å². The van der Waals surface area contributed by atoms with E-state index in [1.165, 1.54) is 17.3 Å². The molecular formula is C27H36N4O2S. The number of ether oxygens (including phenoxy) is 1. The van der Waals surface area contributed by atoms with Crippen molar-refractivity contribution in [3.63, 3.8) is 0 Å². The lowest BCUT2D eigenvalue weighted by Crippen LogP contribution is -2.17. The molecule has 0 atom stereocenters. The number of methoxy groups -OCH3 is 1. The molecule has 7 heteroatoms. The number of carbonyl (C=O) groups is 1. The summed E-state index contributed by atoms with van der Waals surface area (Å²) in [5.74, 6) is 1.03. The van der Waals surface area contributed by atoms with Crippen LogP contribution in [0.4, 0.5) is 5.69 Å². The molecule has 0 aliphatic carbocycles. The molecule has 1 heterocycles. The quantitative estimate of drug-likeness (QED) is 0.290.